The average Bonchev–Trinajstić information content (AvgIpc) is 2.85. The summed E-state index contributed by atoms with van der Waals surface area (Å²) < 4.78 is 0. The maximum Gasteiger partial charge on any atom is 0.131 e. The zero-order valence-electron chi connectivity index (χ0n) is 10.9. The molecular weight excluding hydrogens is 246 g/mol. The standard InChI is InChI=1S/C14H20ClN3/c1-11-7-12(8-15)9-16-14(11)18-6-5-17-4-2-3-13(17)10-18/h7,9,13H,2-6,8,10H2,1H3. The molecule has 2 fully saturated rings. The van der Waals surface area contributed by atoms with Crippen LogP contribution in [0.1, 0.15) is 24.0 Å². The topological polar surface area (TPSA) is 19.4 Å². The van der Waals surface area contributed by atoms with E-state index in [2.05, 4.69) is 27.8 Å². The Labute approximate surface area is 114 Å². The van der Waals surface area contributed by atoms with Gasteiger partial charge in [0, 0.05) is 37.8 Å². The number of alkyl halides is 1. The maximum absolute atomic E-state index is 5.85. The molecule has 0 N–H and O–H groups in total. The zero-order valence-corrected chi connectivity index (χ0v) is 11.7. The Morgan fingerprint density at radius 1 is 1.39 bits per heavy atom. The van der Waals surface area contributed by atoms with E-state index in [9.17, 15) is 0 Å². The lowest BCUT2D eigenvalue weighted by Gasteiger charge is -2.38. The number of halogens is 1. The molecule has 2 aliphatic rings. The van der Waals surface area contributed by atoms with Crippen molar-refractivity contribution in [2.24, 2.45) is 0 Å². The Kier molecular flexibility index (Phi) is 3.44. The zero-order chi connectivity index (χ0) is 12.5. The molecule has 4 heteroatoms. The predicted molar refractivity (Wildman–Crippen MR) is 75.3 cm³/mol. The average molecular weight is 266 g/mol. The largest absolute Gasteiger partial charge is 0.354 e. The van der Waals surface area contributed by atoms with E-state index in [1.165, 1.54) is 31.5 Å². The van der Waals surface area contributed by atoms with Crippen molar-refractivity contribution in [2.45, 2.75) is 31.7 Å². The van der Waals surface area contributed by atoms with Gasteiger partial charge in [0.15, 0.2) is 0 Å². The highest BCUT2D eigenvalue weighted by atomic mass is 35.5. The van der Waals surface area contributed by atoms with Crippen LogP contribution in [-0.2, 0) is 5.88 Å². The Bertz CT molecular complexity index is 435. The quantitative estimate of drug-likeness (QED) is 0.766. The Morgan fingerprint density at radius 3 is 3.06 bits per heavy atom. The summed E-state index contributed by atoms with van der Waals surface area (Å²) in [6, 6.07) is 2.91. The summed E-state index contributed by atoms with van der Waals surface area (Å²) in [4.78, 5) is 9.68. The van der Waals surface area contributed by atoms with Crippen molar-refractivity contribution in [1.82, 2.24) is 9.88 Å². The summed E-state index contributed by atoms with van der Waals surface area (Å²) in [5.41, 5.74) is 2.36. The van der Waals surface area contributed by atoms with E-state index in [1.54, 1.807) is 0 Å². The number of aromatic nitrogens is 1. The third-order valence-electron chi connectivity index (χ3n) is 4.15. The molecule has 18 heavy (non-hydrogen) atoms. The van der Waals surface area contributed by atoms with Gasteiger partial charge in [-0.25, -0.2) is 4.98 Å². The van der Waals surface area contributed by atoms with Crippen LogP contribution in [-0.4, -0.2) is 42.1 Å². The molecule has 0 bridgehead atoms. The third kappa shape index (κ3) is 2.21. The van der Waals surface area contributed by atoms with Gasteiger partial charge in [-0.1, -0.05) is 0 Å². The summed E-state index contributed by atoms with van der Waals surface area (Å²) in [5.74, 6) is 1.69. The molecule has 0 radical (unpaired) electrons. The minimum atomic E-state index is 0.546. The van der Waals surface area contributed by atoms with Crippen LogP contribution in [0.3, 0.4) is 0 Å². The molecule has 1 unspecified atom stereocenters. The van der Waals surface area contributed by atoms with Gasteiger partial charge in [-0.3, -0.25) is 4.90 Å². The highest BCUT2D eigenvalue weighted by molar-refractivity contribution is 6.17. The Morgan fingerprint density at radius 2 is 2.28 bits per heavy atom. The molecule has 0 amide bonds. The SMILES string of the molecule is Cc1cc(CCl)cnc1N1CCN2CCCC2C1. The smallest absolute Gasteiger partial charge is 0.131 e. The lowest BCUT2D eigenvalue weighted by Crippen LogP contribution is -2.50. The molecule has 3 heterocycles. The van der Waals surface area contributed by atoms with E-state index < -0.39 is 0 Å². The summed E-state index contributed by atoms with van der Waals surface area (Å²) in [5, 5.41) is 0. The van der Waals surface area contributed by atoms with Crippen LogP contribution in [0.15, 0.2) is 12.3 Å². The molecule has 0 aliphatic carbocycles. The van der Waals surface area contributed by atoms with Crippen LogP contribution in [0.4, 0.5) is 5.82 Å². The predicted octanol–water partition coefficient (Wildman–Crippen LogP) is 2.41. The van der Waals surface area contributed by atoms with Crippen molar-refractivity contribution in [1.29, 1.82) is 0 Å². The van der Waals surface area contributed by atoms with Crippen LogP contribution < -0.4 is 4.90 Å². The molecule has 0 spiro atoms. The van der Waals surface area contributed by atoms with Crippen molar-refractivity contribution in [3.63, 3.8) is 0 Å². The first-order chi connectivity index (χ1) is 8.78. The second-order valence-corrected chi connectivity index (χ2v) is 5.66. The first-order valence-corrected chi connectivity index (χ1v) is 7.32. The second-order valence-electron chi connectivity index (χ2n) is 5.40. The van der Waals surface area contributed by atoms with Gasteiger partial charge in [0.1, 0.15) is 5.82 Å². The van der Waals surface area contributed by atoms with Gasteiger partial charge in [0.2, 0.25) is 0 Å². The number of rotatable bonds is 2. The third-order valence-corrected chi connectivity index (χ3v) is 4.46. The molecular formula is C14H20ClN3. The van der Waals surface area contributed by atoms with E-state index in [1.807, 2.05) is 6.20 Å². The Balaban J connectivity index is 1.78. The van der Waals surface area contributed by atoms with Crippen molar-refractivity contribution in [2.75, 3.05) is 31.1 Å². The summed E-state index contributed by atoms with van der Waals surface area (Å²) in [6.07, 6.45) is 4.61. The number of anilines is 1. The van der Waals surface area contributed by atoms with E-state index in [-0.39, 0.29) is 0 Å². The monoisotopic (exact) mass is 265 g/mol. The minimum absolute atomic E-state index is 0.546. The number of hydrogen-bond acceptors (Lipinski definition) is 3. The molecule has 0 saturated carbocycles. The van der Waals surface area contributed by atoms with Gasteiger partial charge in [0.25, 0.3) is 0 Å². The van der Waals surface area contributed by atoms with E-state index >= 15 is 0 Å². The van der Waals surface area contributed by atoms with Crippen LogP contribution >= 0.6 is 11.6 Å². The fourth-order valence-electron chi connectivity index (χ4n) is 3.21. The molecule has 1 atom stereocenters. The van der Waals surface area contributed by atoms with Crippen LogP contribution in [0.5, 0.6) is 0 Å². The van der Waals surface area contributed by atoms with E-state index in [0.29, 0.717) is 5.88 Å². The lowest BCUT2D eigenvalue weighted by molar-refractivity contribution is 0.230. The van der Waals surface area contributed by atoms with Crippen LogP contribution in [0.25, 0.3) is 0 Å². The number of piperazine rings is 1. The second kappa shape index (κ2) is 5.06. The fraction of sp³-hybridized carbons (Fsp3) is 0.643. The lowest BCUT2D eigenvalue weighted by atomic mass is 10.1. The minimum Gasteiger partial charge on any atom is -0.354 e. The molecule has 2 saturated heterocycles. The van der Waals surface area contributed by atoms with Crippen molar-refractivity contribution >= 4 is 17.4 Å². The fourth-order valence-corrected chi connectivity index (χ4v) is 3.36. The van der Waals surface area contributed by atoms with Gasteiger partial charge < -0.3 is 4.90 Å². The van der Waals surface area contributed by atoms with Crippen LogP contribution in [0, 0.1) is 6.92 Å². The van der Waals surface area contributed by atoms with E-state index in [0.717, 1.165) is 30.5 Å². The van der Waals surface area contributed by atoms with Crippen molar-refractivity contribution in [3.8, 4) is 0 Å². The van der Waals surface area contributed by atoms with Gasteiger partial charge in [-0.2, -0.15) is 0 Å². The molecule has 1 aromatic heterocycles. The van der Waals surface area contributed by atoms with Crippen molar-refractivity contribution < 1.29 is 0 Å². The number of hydrogen-bond donors (Lipinski definition) is 0. The Hall–Kier alpha value is -0.800. The number of nitrogens with zero attached hydrogens (tertiary/aromatic N) is 3. The number of aryl methyl sites for hydroxylation is 1. The normalized spacial score (nSPS) is 24.3. The first kappa shape index (κ1) is 12.2. The van der Waals surface area contributed by atoms with E-state index in [4.69, 9.17) is 11.6 Å². The number of fused-ring (bicyclic) bond motifs is 1. The summed E-state index contributed by atoms with van der Waals surface area (Å²) in [6.45, 7) is 6.84. The highest BCUT2D eigenvalue weighted by Crippen LogP contribution is 2.26. The van der Waals surface area contributed by atoms with Crippen LogP contribution in [0.2, 0.25) is 0 Å². The van der Waals surface area contributed by atoms with Gasteiger partial charge in [0.05, 0.1) is 0 Å². The first-order valence-electron chi connectivity index (χ1n) is 6.78. The molecule has 2 aliphatic heterocycles. The summed E-state index contributed by atoms with van der Waals surface area (Å²) in [7, 11) is 0. The van der Waals surface area contributed by atoms with Gasteiger partial charge in [-0.05, 0) is 43.5 Å². The molecule has 3 nitrogen and oxygen atoms in total. The highest BCUT2D eigenvalue weighted by Gasteiger charge is 2.31. The maximum atomic E-state index is 5.85. The molecule has 0 aromatic carbocycles. The van der Waals surface area contributed by atoms with Gasteiger partial charge in [-0.15, -0.1) is 11.6 Å². The van der Waals surface area contributed by atoms with Gasteiger partial charge >= 0.3 is 0 Å². The molecule has 98 valence electrons. The summed E-state index contributed by atoms with van der Waals surface area (Å²) >= 11 is 5.85. The number of pyridine rings is 1. The molecule has 3 rings (SSSR count). The molecule has 1 aromatic rings. The van der Waals surface area contributed by atoms with Crippen molar-refractivity contribution in [3.05, 3.63) is 23.4 Å².